The van der Waals surface area contributed by atoms with Crippen LogP contribution in [-0.2, 0) is 4.79 Å². The van der Waals surface area contributed by atoms with E-state index in [2.05, 4.69) is 0 Å². The van der Waals surface area contributed by atoms with Crippen molar-refractivity contribution in [3.63, 3.8) is 0 Å². The fourth-order valence-electron chi connectivity index (χ4n) is 2.61. The molecule has 0 spiro atoms. The Morgan fingerprint density at radius 3 is 2.64 bits per heavy atom. The monoisotopic (exact) mass is 436 g/mol. The second-order valence-electron chi connectivity index (χ2n) is 5.53. The van der Waals surface area contributed by atoms with Gasteiger partial charge in [-0.25, -0.2) is 0 Å². The SMILES string of the molecule is COc1cc(/C=C2/SC(=S)N(c3cccc([N+](=O)[O-])c3)C2=O)cc(Cl)c1OC. The lowest BCUT2D eigenvalue weighted by atomic mass is 10.1. The molecule has 1 aliphatic rings. The topological polar surface area (TPSA) is 81.9 Å². The minimum atomic E-state index is -0.525. The van der Waals surface area contributed by atoms with Crippen molar-refractivity contribution in [1.82, 2.24) is 0 Å². The summed E-state index contributed by atoms with van der Waals surface area (Å²) in [4.78, 5) is 25.0. The van der Waals surface area contributed by atoms with E-state index in [4.69, 9.17) is 33.3 Å². The lowest BCUT2D eigenvalue weighted by Crippen LogP contribution is -2.27. The predicted molar refractivity (Wildman–Crippen MR) is 113 cm³/mol. The number of thioether (sulfide) groups is 1. The zero-order valence-electron chi connectivity index (χ0n) is 14.7. The average Bonchev–Trinajstić information content (AvgIpc) is 2.94. The number of carbonyl (C=O) groups excluding carboxylic acids is 1. The summed E-state index contributed by atoms with van der Waals surface area (Å²) in [6, 6.07) is 9.08. The molecular weight excluding hydrogens is 424 g/mol. The molecule has 0 saturated carbocycles. The van der Waals surface area contributed by atoms with Gasteiger partial charge in [0, 0.05) is 12.1 Å². The van der Waals surface area contributed by atoms with Gasteiger partial charge in [-0.05, 0) is 29.8 Å². The number of nitro benzene ring substituents is 1. The first kappa shape index (κ1) is 20.1. The summed E-state index contributed by atoms with van der Waals surface area (Å²) in [5, 5.41) is 11.3. The number of nitro groups is 1. The number of rotatable bonds is 5. The van der Waals surface area contributed by atoms with Crippen molar-refractivity contribution in [3.8, 4) is 11.5 Å². The molecule has 2 aromatic rings. The molecule has 1 heterocycles. The predicted octanol–water partition coefficient (Wildman–Crippen LogP) is 4.67. The quantitative estimate of drug-likeness (QED) is 0.291. The molecule has 2 aromatic carbocycles. The van der Waals surface area contributed by atoms with Gasteiger partial charge in [0.25, 0.3) is 11.6 Å². The van der Waals surface area contributed by atoms with E-state index in [1.807, 2.05) is 0 Å². The molecule has 0 atom stereocenters. The number of non-ortho nitro benzene ring substituents is 1. The normalized spacial score (nSPS) is 15.2. The number of amides is 1. The second-order valence-corrected chi connectivity index (χ2v) is 7.62. The van der Waals surface area contributed by atoms with Crippen LogP contribution in [0.1, 0.15) is 5.56 Å². The number of ether oxygens (including phenoxy) is 2. The van der Waals surface area contributed by atoms with Gasteiger partial charge in [0.05, 0.1) is 34.8 Å². The van der Waals surface area contributed by atoms with Crippen molar-refractivity contribution in [3.05, 3.63) is 62.0 Å². The van der Waals surface area contributed by atoms with Gasteiger partial charge in [0.2, 0.25) is 0 Å². The third kappa shape index (κ3) is 3.82. The van der Waals surface area contributed by atoms with E-state index in [1.54, 1.807) is 24.3 Å². The van der Waals surface area contributed by atoms with Crippen LogP contribution in [0.4, 0.5) is 11.4 Å². The first-order chi connectivity index (χ1) is 13.3. The Balaban J connectivity index is 1.97. The minimum Gasteiger partial charge on any atom is -0.493 e. The smallest absolute Gasteiger partial charge is 0.271 e. The Hall–Kier alpha value is -2.62. The second kappa shape index (κ2) is 8.17. The number of anilines is 1. The molecule has 1 amide bonds. The van der Waals surface area contributed by atoms with Gasteiger partial charge in [-0.1, -0.05) is 41.6 Å². The molecule has 0 aliphatic carbocycles. The number of hydrogen-bond donors (Lipinski definition) is 0. The highest BCUT2D eigenvalue weighted by atomic mass is 35.5. The Morgan fingerprint density at radius 1 is 1.25 bits per heavy atom. The molecule has 1 saturated heterocycles. The van der Waals surface area contributed by atoms with Crippen molar-refractivity contribution >= 4 is 63.3 Å². The summed E-state index contributed by atoms with van der Waals surface area (Å²) < 4.78 is 10.7. The molecule has 144 valence electrons. The van der Waals surface area contributed by atoms with Crippen molar-refractivity contribution < 1.29 is 19.2 Å². The zero-order chi connectivity index (χ0) is 20.4. The molecule has 3 rings (SSSR count). The lowest BCUT2D eigenvalue weighted by molar-refractivity contribution is -0.384. The van der Waals surface area contributed by atoms with Crippen molar-refractivity contribution in [1.29, 1.82) is 0 Å². The van der Waals surface area contributed by atoms with E-state index in [9.17, 15) is 14.9 Å². The number of methoxy groups -OCH3 is 2. The fraction of sp³-hybridized carbons (Fsp3) is 0.111. The summed E-state index contributed by atoms with van der Waals surface area (Å²) in [6.07, 6.45) is 1.63. The highest BCUT2D eigenvalue weighted by molar-refractivity contribution is 8.27. The van der Waals surface area contributed by atoms with Gasteiger partial charge in [0.15, 0.2) is 15.8 Å². The average molecular weight is 437 g/mol. The Bertz CT molecular complexity index is 1030. The molecular formula is C18H13ClN2O5S2. The molecule has 0 unspecified atom stereocenters. The van der Waals surface area contributed by atoms with Gasteiger partial charge in [0.1, 0.15) is 0 Å². The number of carbonyl (C=O) groups is 1. The Labute approximate surface area is 175 Å². The highest BCUT2D eigenvalue weighted by Gasteiger charge is 2.34. The molecule has 0 aromatic heterocycles. The summed E-state index contributed by atoms with van der Waals surface area (Å²) >= 11 is 12.6. The van der Waals surface area contributed by atoms with Crippen LogP contribution in [0.15, 0.2) is 41.3 Å². The van der Waals surface area contributed by atoms with Crippen LogP contribution in [0.25, 0.3) is 6.08 Å². The maximum Gasteiger partial charge on any atom is 0.271 e. The van der Waals surface area contributed by atoms with Crippen LogP contribution in [0.3, 0.4) is 0 Å². The molecule has 1 fully saturated rings. The fourth-order valence-corrected chi connectivity index (χ4v) is 4.20. The van der Waals surface area contributed by atoms with Crippen LogP contribution in [0, 0.1) is 10.1 Å². The minimum absolute atomic E-state index is 0.123. The number of thiocarbonyl (C=S) groups is 1. The molecule has 0 radical (unpaired) electrons. The summed E-state index contributed by atoms with van der Waals surface area (Å²) in [5.74, 6) is 0.447. The van der Waals surface area contributed by atoms with Gasteiger partial charge in [-0.15, -0.1) is 0 Å². The van der Waals surface area contributed by atoms with E-state index in [-0.39, 0.29) is 15.9 Å². The van der Waals surface area contributed by atoms with E-state index in [0.29, 0.717) is 32.7 Å². The Morgan fingerprint density at radius 2 is 2.00 bits per heavy atom. The van der Waals surface area contributed by atoms with Gasteiger partial charge < -0.3 is 9.47 Å². The molecule has 0 N–H and O–H groups in total. The highest BCUT2D eigenvalue weighted by Crippen LogP contribution is 2.40. The van der Waals surface area contributed by atoms with Crippen LogP contribution >= 0.6 is 35.6 Å². The number of benzene rings is 2. The summed E-state index contributed by atoms with van der Waals surface area (Å²) in [5.41, 5.74) is 0.842. The van der Waals surface area contributed by atoms with Crippen LogP contribution in [-0.4, -0.2) is 29.4 Å². The first-order valence-electron chi connectivity index (χ1n) is 7.79. The maximum absolute atomic E-state index is 12.9. The molecule has 7 nitrogen and oxygen atoms in total. The Kier molecular flexibility index (Phi) is 5.87. The van der Waals surface area contributed by atoms with Crippen LogP contribution in [0.5, 0.6) is 11.5 Å². The van der Waals surface area contributed by atoms with Gasteiger partial charge in [-0.2, -0.15) is 0 Å². The number of hydrogen-bond acceptors (Lipinski definition) is 7. The molecule has 1 aliphatic heterocycles. The van der Waals surface area contributed by atoms with E-state index in [0.717, 1.165) is 11.8 Å². The van der Waals surface area contributed by atoms with Crippen LogP contribution < -0.4 is 14.4 Å². The van der Waals surface area contributed by atoms with E-state index < -0.39 is 4.92 Å². The third-order valence-electron chi connectivity index (χ3n) is 3.85. The summed E-state index contributed by atoms with van der Waals surface area (Å²) in [6.45, 7) is 0. The molecule has 10 heteroatoms. The maximum atomic E-state index is 12.9. The van der Waals surface area contributed by atoms with E-state index >= 15 is 0 Å². The third-order valence-corrected chi connectivity index (χ3v) is 5.43. The standard InChI is InChI=1S/C18H13ClN2O5S2/c1-25-14-7-10(6-13(19)16(14)26-2)8-15-17(22)20(18(27)28-15)11-4-3-5-12(9-11)21(23)24/h3-9H,1-2H3/b15-8+. The van der Waals surface area contributed by atoms with Crippen molar-refractivity contribution in [2.75, 3.05) is 19.1 Å². The lowest BCUT2D eigenvalue weighted by Gasteiger charge is -2.14. The first-order valence-corrected chi connectivity index (χ1v) is 9.40. The largest absolute Gasteiger partial charge is 0.493 e. The van der Waals surface area contributed by atoms with E-state index in [1.165, 1.54) is 37.3 Å². The number of nitrogens with zero attached hydrogens (tertiary/aromatic N) is 2. The van der Waals surface area contributed by atoms with Crippen molar-refractivity contribution in [2.45, 2.75) is 0 Å². The summed E-state index contributed by atoms with van der Waals surface area (Å²) in [7, 11) is 2.97. The van der Waals surface area contributed by atoms with Crippen LogP contribution in [0.2, 0.25) is 5.02 Å². The zero-order valence-corrected chi connectivity index (χ0v) is 17.1. The number of halogens is 1. The van der Waals surface area contributed by atoms with Crippen molar-refractivity contribution in [2.24, 2.45) is 0 Å². The van der Waals surface area contributed by atoms with Gasteiger partial charge >= 0.3 is 0 Å². The van der Waals surface area contributed by atoms with Gasteiger partial charge in [-0.3, -0.25) is 19.8 Å². The molecule has 0 bridgehead atoms. The molecule has 28 heavy (non-hydrogen) atoms.